The molecule has 2 aliphatic carbocycles. The van der Waals surface area contributed by atoms with Crippen LogP contribution in [0.5, 0.6) is 5.88 Å². The molecular weight excluding hydrogens is 477 g/mol. The van der Waals surface area contributed by atoms with E-state index in [0.29, 0.717) is 29.0 Å². The molecule has 2 aliphatic rings. The Hall–Kier alpha value is -3.76. The number of ether oxygens (including phenoxy) is 1. The van der Waals surface area contributed by atoms with Gasteiger partial charge in [0.15, 0.2) is 0 Å². The van der Waals surface area contributed by atoms with Crippen LogP contribution in [-0.4, -0.2) is 45.7 Å². The predicted molar refractivity (Wildman–Crippen MR) is 136 cm³/mol. The van der Waals surface area contributed by atoms with Gasteiger partial charge in [0.2, 0.25) is 17.8 Å². The van der Waals surface area contributed by atoms with E-state index in [1.165, 1.54) is 7.11 Å². The molecule has 1 unspecified atom stereocenters. The number of nitrogens with two attached hydrogens (primary N) is 1. The molecule has 2 fully saturated rings. The Morgan fingerprint density at radius 3 is 2.54 bits per heavy atom. The number of aromatic nitrogens is 3. The summed E-state index contributed by atoms with van der Waals surface area (Å²) in [5, 5.41) is 9.73. The highest BCUT2D eigenvalue weighted by atomic mass is 19.1. The first kappa shape index (κ1) is 26.3. The van der Waals surface area contributed by atoms with Crippen LogP contribution >= 0.6 is 0 Å². The fraction of sp³-hybridized carbons (Fsp3) is 0.500. The lowest BCUT2D eigenvalue weighted by Gasteiger charge is -2.28. The molecule has 0 bridgehead atoms. The number of amides is 2. The summed E-state index contributed by atoms with van der Waals surface area (Å²) in [6.45, 7) is 3.79. The molecule has 4 N–H and O–H groups in total. The molecule has 4 rings (SSSR count). The average molecular weight is 512 g/mol. The third-order valence-corrected chi connectivity index (χ3v) is 6.76. The molecule has 0 aliphatic heterocycles. The van der Waals surface area contributed by atoms with E-state index in [4.69, 9.17) is 10.5 Å². The van der Waals surface area contributed by atoms with Crippen LogP contribution in [0.4, 0.5) is 4.39 Å². The summed E-state index contributed by atoms with van der Waals surface area (Å²) in [6, 6.07) is 4.17. The fourth-order valence-corrected chi connectivity index (χ4v) is 4.69. The van der Waals surface area contributed by atoms with Gasteiger partial charge in [-0.15, -0.1) is 0 Å². The minimum atomic E-state index is -0.931. The van der Waals surface area contributed by atoms with Crippen LogP contribution in [0.15, 0.2) is 47.5 Å². The lowest BCUT2D eigenvalue weighted by atomic mass is 9.88. The van der Waals surface area contributed by atoms with Crippen molar-refractivity contribution in [2.75, 3.05) is 7.11 Å². The number of pyridine rings is 1. The summed E-state index contributed by atoms with van der Waals surface area (Å²) >= 11 is 0. The van der Waals surface area contributed by atoms with E-state index >= 15 is 4.39 Å². The summed E-state index contributed by atoms with van der Waals surface area (Å²) in [7, 11) is 1.47. The molecule has 0 aromatic carbocycles. The van der Waals surface area contributed by atoms with E-state index < -0.39 is 23.8 Å². The molecule has 0 saturated heterocycles. The van der Waals surface area contributed by atoms with Gasteiger partial charge in [-0.1, -0.05) is 6.07 Å². The van der Waals surface area contributed by atoms with Gasteiger partial charge in [-0.25, -0.2) is 4.98 Å². The van der Waals surface area contributed by atoms with E-state index in [2.05, 4.69) is 25.7 Å². The summed E-state index contributed by atoms with van der Waals surface area (Å²) in [5.41, 5.74) is 6.35. The lowest BCUT2D eigenvalue weighted by molar-refractivity contribution is -0.123. The molecule has 2 aromatic heterocycles. The molecule has 37 heavy (non-hydrogen) atoms. The zero-order valence-electron chi connectivity index (χ0n) is 21.4. The third kappa shape index (κ3) is 6.33. The van der Waals surface area contributed by atoms with Gasteiger partial charge in [-0.3, -0.25) is 19.3 Å². The van der Waals surface area contributed by atoms with Gasteiger partial charge in [-0.2, -0.15) is 9.49 Å². The maximum atomic E-state index is 15.0. The van der Waals surface area contributed by atoms with Crippen LogP contribution in [0.25, 0.3) is 0 Å². The van der Waals surface area contributed by atoms with Crippen molar-refractivity contribution in [3.63, 3.8) is 0 Å². The largest absolute Gasteiger partial charge is 0.481 e. The van der Waals surface area contributed by atoms with Crippen LogP contribution in [-0.2, 0) is 11.3 Å². The second-order valence-corrected chi connectivity index (χ2v) is 9.81. The van der Waals surface area contributed by atoms with Gasteiger partial charge in [0, 0.05) is 30.2 Å². The molecule has 198 valence electrons. The van der Waals surface area contributed by atoms with E-state index in [9.17, 15) is 9.59 Å². The number of hydrogen-bond acceptors (Lipinski definition) is 7. The van der Waals surface area contributed by atoms with Crippen molar-refractivity contribution in [1.29, 1.82) is 0 Å². The van der Waals surface area contributed by atoms with Gasteiger partial charge >= 0.3 is 0 Å². The highest BCUT2D eigenvalue weighted by molar-refractivity contribution is 6.00. The molecule has 1 atom stereocenters. The quantitative estimate of drug-likeness (QED) is 0.375. The smallest absolute Gasteiger partial charge is 0.270 e. The van der Waals surface area contributed by atoms with E-state index in [-0.39, 0.29) is 24.2 Å². The first-order valence-electron chi connectivity index (χ1n) is 12.6. The zero-order valence-corrected chi connectivity index (χ0v) is 21.4. The van der Waals surface area contributed by atoms with Crippen molar-refractivity contribution in [3.05, 3.63) is 53.7 Å². The maximum Gasteiger partial charge on any atom is 0.270 e. The normalized spacial score (nSPS) is 17.1. The van der Waals surface area contributed by atoms with Crippen LogP contribution < -0.4 is 21.1 Å². The lowest BCUT2D eigenvalue weighted by Crippen LogP contribution is -2.52. The standard InChI is InChI=1S/C26H34FN7O3/c1-15(2)34-20(10-12-31-34)24(35)33-22(21(16-6-7-16)17-8-9-17)25(36)32-19(13-28)23(27)30-14-18-5-4-11-29-26(18)37-3/h4-5,10-13,15-17,21-22H,6-9,14,28H2,1-3H3,(H,32,36)(H,33,35). The number of carbonyl (C=O) groups excluding carboxylic acids is 2. The first-order valence-corrected chi connectivity index (χ1v) is 12.6. The molecule has 2 heterocycles. The summed E-state index contributed by atoms with van der Waals surface area (Å²) in [4.78, 5) is 34.8. The number of methoxy groups -OCH3 is 1. The number of allylic oxidation sites excluding steroid dienone is 1. The van der Waals surface area contributed by atoms with E-state index in [1.54, 1.807) is 35.3 Å². The van der Waals surface area contributed by atoms with Gasteiger partial charge in [0.25, 0.3) is 5.91 Å². The molecule has 11 heteroatoms. The molecule has 2 amide bonds. The molecule has 2 saturated carbocycles. The number of rotatable bonds is 12. The second kappa shape index (κ2) is 11.5. The molecule has 0 spiro atoms. The van der Waals surface area contributed by atoms with Crippen molar-refractivity contribution in [3.8, 4) is 5.88 Å². The number of hydrogen-bond donors (Lipinski definition) is 3. The first-order chi connectivity index (χ1) is 17.8. The van der Waals surface area contributed by atoms with E-state index in [1.807, 2.05) is 13.8 Å². The van der Waals surface area contributed by atoms with Crippen molar-refractivity contribution < 1.29 is 18.7 Å². The molecule has 2 aromatic rings. The Labute approximate surface area is 215 Å². The predicted octanol–water partition coefficient (Wildman–Crippen LogP) is 2.89. The molecule has 10 nitrogen and oxygen atoms in total. The van der Waals surface area contributed by atoms with Crippen molar-refractivity contribution in [1.82, 2.24) is 25.4 Å². The Kier molecular flexibility index (Phi) is 8.20. The number of aliphatic imine (C=N–C) groups is 1. The highest BCUT2D eigenvalue weighted by Crippen LogP contribution is 2.50. The van der Waals surface area contributed by atoms with E-state index in [0.717, 1.165) is 31.9 Å². The van der Waals surface area contributed by atoms with Gasteiger partial charge in [0.05, 0.1) is 13.7 Å². The van der Waals surface area contributed by atoms with Crippen LogP contribution in [0, 0.1) is 17.8 Å². The monoisotopic (exact) mass is 511 g/mol. The summed E-state index contributed by atoms with van der Waals surface area (Å²) < 4.78 is 21.8. The Bertz CT molecular complexity index is 1170. The minimum absolute atomic E-state index is 0.0267. The fourth-order valence-electron chi connectivity index (χ4n) is 4.69. The number of carbonyl (C=O) groups is 2. The number of nitrogens with one attached hydrogen (secondary N) is 2. The van der Waals surface area contributed by atoms with Crippen molar-refractivity contribution in [2.45, 2.75) is 58.2 Å². The van der Waals surface area contributed by atoms with Gasteiger partial charge in [0.1, 0.15) is 17.4 Å². The van der Waals surface area contributed by atoms with Crippen LogP contribution in [0.3, 0.4) is 0 Å². The number of halogens is 1. The summed E-state index contributed by atoms with van der Waals surface area (Å²) in [6.07, 6.45) is 8.11. The van der Waals surface area contributed by atoms with Crippen LogP contribution in [0.2, 0.25) is 0 Å². The van der Waals surface area contributed by atoms with Crippen molar-refractivity contribution in [2.24, 2.45) is 28.5 Å². The average Bonchev–Trinajstić information content (AvgIpc) is 3.84. The van der Waals surface area contributed by atoms with Crippen molar-refractivity contribution >= 4 is 17.8 Å². The zero-order chi connectivity index (χ0) is 26.5. The topological polar surface area (TPSA) is 137 Å². The SMILES string of the molecule is COc1ncccc1CN=C(F)C(=CN)NC(=O)C(NC(=O)c1ccnn1C(C)C)C(C1CC1)C1CC1. The maximum absolute atomic E-state index is 15.0. The van der Waals surface area contributed by atoms with Gasteiger partial charge in [-0.05, 0) is 69.4 Å². The number of nitrogens with zero attached hydrogens (tertiary/aromatic N) is 4. The third-order valence-electron chi connectivity index (χ3n) is 6.76. The molecular formula is C26H34FN7O3. The Morgan fingerprint density at radius 1 is 1.24 bits per heavy atom. The summed E-state index contributed by atoms with van der Waals surface area (Å²) in [5.74, 6) is -0.845. The van der Waals surface area contributed by atoms with Crippen LogP contribution in [0.1, 0.15) is 61.6 Å². The Balaban J connectivity index is 1.52. The highest BCUT2D eigenvalue weighted by Gasteiger charge is 2.48. The second-order valence-electron chi connectivity index (χ2n) is 9.81. The Morgan fingerprint density at radius 2 is 1.95 bits per heavy atom. The van der Waals surface area contributed by atoms with Gasteiger partial charge < -0.3 is 21.1 Å². The molecule has 0 radical (unpaired) electrons. The minimum Gasteiger partial charge on any atom is -0.481 e.